The van der Waals surface area contributed by atoms with E-state index >= 15 is 0 Å². The smallest absolute Gasteiger partial charge is 0.337 e. The van der Waals surface area contributed by atoms with Gasteiger partial charge in [0.05, 0.1) is 24.1 Å². The topological polar surface area (TPSA) is 57.0 Å². The molecule has 5 nitrogen and oxygen atoms in total. The lowest BCUT2D eigenvalue weighted by molar-refractivity contribution is 0.0600. The van der Waals surface area contributed by atoms with E-state index in [1.54, 1.807) is 29.1 Å². The summed E-state index contributed by atoms with van der Waals surface area (Å²) < 4.78 is 6.47. The fourth-order valence-corrected chi connectivity index (χ4v) is 2.16. The van der Waals surface area contributed by atoms with Crippen molar-refractivity contribution in [2.75, 3.05) is 7.11 Å². The van der Waals surface area contributed by atoms with Gasteiger partial charge in [0.15, 0.2) is 5.65 Å². The van der Waals surface area contributed by atoms with E-state index < -0.39 is 0 Å². The minimum Gasteiger partial charge on any atom is -0.465 e. The average Bonchev–Trinajstić information content (AvgIpc) is 2.93. The molecule has 1 aromatic carbocycles. The SMILES string of the molecule is CC.COC(=O)c1cccc(-n2nc(C)c3cccnc32)c1. The lowest BCUT2D eigenvalue weighted by Crippen LogP contribution is -2.04. The van der Waals surface area contributed by atoms with Crippen molar-refractivity contribution in [1.82, 2.24) is 14.8 Å². The van der Waals surface area contributed by atoms with E-state index in [-0.39, 0.29) is 5.97 Å². The molecule has 114 valence electrons. The molecule has 0 bridgehead atoms. The van der Waals surface area contributed by atoms with Crippen molar-refractivity contribution in [3.05, 3.63) is 53.9 Å². The second-order valence-electron chi connectivity index (χ2n) is 4.41. The standard InChI is InChI=1S/C15H13N3O2.C2H6/c1-10-13-7-4-8-16-14(13)18(17-10)12-6-3-5-11(9-12)15(19)20-2;1-2/h3-9H,1-2H3;1-2H3. The fourth-order valence-electron chi connectivity index (χ4n) is 2.16. The quantitative estimate of drug-likeness (QED) is 0.679. The zero-order valence-electron chi connectivity index (χ0n) is 13.2. The summed E-state index contributed by atoms with van der Waals surface area (Å²) in [5, 5.41) is 5.48. The van der Waals surface area contributed by atoms with Gasteiger partial charge in [-0.2, -0.15) is 5.10 Å². The van der Waals surface area contributed by atoms with Crippen molar-refractivity contribution in [2.24, 2.45) is 0 Å². The molecule has 3 rings (SSSR count). The second kappa shape index (κ2) is 6.85. The van der Waals surface area contributed by atoms with Gasteiger partial charge in [0.25, 0.3) is 0 Å². The highest BCUT2D eigenvalue weighted by Gasteiger charge is 2.11. The van der Waals surface area contributed by atoms with E-state index in [1.807, 2.05) is 39.0 Å². The molecule has 0 amide bonds. The van der Waals surface area contributed by atoms with Crippen LogP contribution in [0.1, 0.15) is 29.9 Å². The first-order valence-electron chi connectivity index (χ1n) is 7.20. The molecule has 0 spiro atoms. The summed E-state index contributed by atoms with van der Waals surface area (Å²) in [6, 6.07) is 11.0. The summed E-state index contributed by atoms with van der Waals surface area (Å²) in [4.78, 5) is 16.0. The first-order valence-corrected chi connectivity index (χ1v) is 7.20. The molecule has 0 atom stereocenters. The van der Waals surface area contributed by atoms with Crippen LogP contribution >= 0.6 is 0 Å². The summed E-state index contributed by atoms with van der Waals surface area (Å²) >= 11 is 0. The first kappa shape index (κ1) is 15.7. The van der Waals surface area contributed by atoms with E-state index in [9.17, 15) is 4.79 Å². The van der Waals surface area contributed by atoms with Crippen LogP contribution in [0.15, 0.2) is 42.6 Å². The number of rotatable bonds is 2. The predicted octanol–water partition coefficient (Wildman–Crippen LogP) is 3.54. The number of benzene rings is 1. The molecule has 0 saturated heterocycles. The predicted molar refractivity (Wildman–Crippen MR) is 86.3 cm³/mol. The summed E-state index contributed by atoms with van der Waals surface area (Å²) in [6.45, 7) is 5.94. The Labute approximate surface area is 129 Å². The number of hydrogen-bond acceptors (Lipinski definition) is 4. The van der Waals surface area contributed by atoms with Crippen molar-refractivity contribution in [3.8, 4) is 5.69 Å². The molecule has 0 N–H and O–H groups in total. The van der Waals surface area contributed by atoms with E-state index in [4.69, 9.17) is 4.74 Å². The lowest BCUT2D eigenvalue weighted by Gasteiger charge is -2.05. The Hall–Kier alpha value is -2.69. The van der Waals surface area contributed by atoms with Crippen LogP contribution in [0.3, 0.4) is 0 Å². The third kappa shape index (κ3) is 2.83. The van der Waals surface area contributed by atoms with Crippen LogP contribution in [0, 0.1) is 6.92 Å². The van der Waals surface area contributed by atoms with Gasteiger partial charge in [-0.05, 0) is 37.3 Å². The molecule has 0 aliphatic carbocycles. The summed E-state index contributed by atoms with van der Waals surface area (Å²) in [5.41, 5.74) is 2.94. The van der Waals surface area contributed by atoms with E-state index in [0.717, 1.165) is 22.4 Å². The Bertz CT molecular complexity index is 793. The molecule has 2 aromatic heterocycles. The van der Waals surface area contributed by atoms with Crippen molar-refractivity contribution in [3.63, 3.8) is 0 Å². The van der Waals surface area contributed by atoms with Gasteiger partial charge < -0.3 is 4.74 Å². The van der Waals surface area contributed by atoms with E-state index in [2.05, 4.69) is 10.1 Å². The van der Waals surface area contributed by atoms with Gasteiger partial charge in [-0.25, -0.2) is 14.5 Å². The molecule has 0 aliphatic heterocycles. The Morgan fingerprint density at radius 2 is 1.95 bits per heavy atom. The number of nitrogens with zero attached hydrogens (tertiary/aromatic N) is 3. The maximum absolute atomic E-state index is 11.6. The number of carbonyl (C=O) groups excluding carboxylic acids is 1. The first-order chi connectivity index (χ1) is 10.7. The van der Waals surface area contributed by atoms with Crippen LogP contribution in [-0.4, -0.2) is 27.8 Å². The molecule has 3 aromatic rings. The zero-order valence-corrected chi connectivity index (χ0v) is 13.2. The van der Waals surface area contributed by atoms with Crippen LogP contribution in [-0.2, 0) is 4.74 Å². The highest BCUT2D eigenvalue weighted by atomic mass is 16.5. The van der Waals surface area contributed by atoms with Crippen molar-refractivity contribution >= 4 is 17.0 Å². The van der Waals surface area contributed by atoms with Gasteiger partial charge in [0, 0.05) is 11.6 Å². The zero-order chi connectivity index (χ0) is 16.1. The molecule has 0 radical (unpaired) electrons. The van der Waals surface area contributed by atoms with Crippen molar-refractivity contribution < 1.29 is 9.53 Å². The van der Waals surface area contributed by atoms with Crippen molar-refractivity contribution in [2.45, 2.75) is 20.8 Å². The fraction of sp³-hybridized carbons (Fsp3) is 0.235. The molecule has 0 fully saturated rings. The summed E-state index contributed by atoms with van der Waals surface area (Å²) in [6.07, 6.45) is 1.73. The minimum atomic E-state index is -0.368. The third-order valence-corrected chi connectivity index (χ3v) is 3.14. The van der Waals surface area contributed by atoms with E-state index in [1.165, 1.54) is 7.11 Å². The average molecular weight is 297 g/mol. The number of aryl methyl sites for hydroxylation is 1. The number of ether oxygens (including phenoxy) is 1. The lowest BCUT2D eigenvalue weighted by atomic mass is 10.2. The maximum Gasteiger partial charge on any atom is 0.337 e. The highest BCUT2D eigenvalue weighted by Crippen LogP contribution is 2.20. The molecule has 0 aliphatic rings. The minimum absolute atomic E-state index is 0.368. The van der Waals surface area contributed by atoms with Crippen LogP contribution in [0.4, 0.5) is 0 Å². The number of aromatic nitrogens is 3. The maximum atomic E-state index is 11.6. The Morgan fingerprint density at radius 3 is 2.68 bits per heavy atom. The molecule has 22 heavy (non-hydrogen) atoms. The number of pyridine rings is 1. The molecular formula is C17H19N3O2. The van der Waals surface area contributed by atoms with Crippen LogP contribution in [0.2, 0.25) is 0 Å². The number of esters is 1. The molecular weight excluding hydrogens is 278 g/mol. The molecule has 2 heterocycles. The van der Waals surface area contributed by atoms with Crippen LogP contribution in [0.5, 0.6) is 0 Å². The number of fused-ring (bicyclic) bond motifs is 1. The number of methoxy groups -OCH3 is 1. The van der Waals surface area contributed by atoms with Crippen LogP contribution < -0.4 is 0 Å². The van der Waals surface area contributed by atoms with Gasteiger partial charge in [0.2, 0.25) is 0 Å². The highest BCUT2D eigenvalue weighted by molar-refractivity contribution is 5.90. The number of carbonyl (C=O) groups is 1. The largest absolute Gasteiger partial charge is 0.465 e. The Balaban J connectivity index is 0.000000847. The van der Waals surface area contributed by atoms with Gasteiger partial charge in [-0.15, -0.1) is 0 Å². The monoisotopic (exact) mass is 297 g/mol. The number of hydrogen-bond donors (Lipinski definition) is 0. The molecule has 5 heteroatoms. The molecule has 0 unspecified atom stereocenters. The van der Waals surface area contributed by atoms with E-state index in [0.29, 0.717) is 5.56 Å². The summed E-state index contributed by atoms with van der Waals surface area (Å²) in [5.74, 6) is -0.368. The third-order valence-electron chi connectivity index (χ3n) is 3.14. The normalized spacial score (nSPS) is 10.0. The Morgan fingerprint density at radius 1 is 1.18 bits per heavy atom. The Kier molecular flexibility index (Phi) is 4.88. The summed E-state index contributed by atoms with van der Waals surface area (Å²) in [7, 11) is 1.37. The van der Waals surface area contributed by atoms with Gasteiger partial charge >= 0.3 is 5.97 Å². The molecule has 0 saturated carbocycles. The van der Waals surface area contributed by atoms with Gasteiger partial charge in [0.1, 0.15) is 0 Å². The second-order valence-corrected chi connectivity index (χ2v) is 4.41. The van der Waals surface area contributed by atoms with Crippen LogP contribution in [0.25, 0.3) is 16.7 Å². The van der Waals surface area contributed by atoms with Crippen molar-refractivity contribution in [1.29, 1.82) is 0 Å². The van der Waals surface area contributed by atoms with Gasteiger partial charge in [-0.1, -0.05) is 19.9 Å². The van der Waals surface area contributed by atoms with Gasteiger partial charge in [-0.3, -0.25) is 0 Å².